The van der Waals surface area contributed by atoms with Crippen LogP contribution in [0.4, 0.5) is 5.69 Å². The zero-order chi connectivity index (χ0) is 14.0. The second-order valence-corrected chi connectivity index (χ2v) is 6.53. The summed E-state index contributed by atoms with van der Waals surface area (Å²) < 4.78 is 0. The van der Waals surface area contributed by atoms with Gasteiger partial charge in [-0.3, -0.25) is 0 Å². The SMILES string of the molecule is CCC1(C)CCN(c2ccc(C(N)=S)cc2Cl)CC1. The number of rotatable bonds is 3. The summed E-state index contributed by atoms with van der Waals surface area (Å²) in [6, 6.07) is 5.86. The third-order valence-corrected chi connectivity index (χ3v) is 4.94. The molecule has 0 saturated carbocycles. The first-order valence-corrected chi connectivity index (χ1v) is 7.58. The van der Waals surface area contributed by atoms with Gasteiger partial charge in [-0.1, -0.05) is 44.1 Å². The second-order valence-electron chi connectivity index (χ2n) is 5.68. The zero-order valence-corrected chi connectivity index (χ0v) is 13.2. The van der Waals surface area contributed by atoms with E-state index in [1.54, 1.807) is 0 Å². The Morgan fingerprint density at radius 1 is 1.42 bits per heavy atom. The topological polar surface area (TPSA) is 29.3 Å². The minimum absolute atomic E-state index is 0.394. The normalized spacial score (nSPS) is 18.4. The van der Waals surface area contributed by atoms with Crippen molar-refractivity contribution in [2.24, 2.45) is 11.1 Å². The number of benzene rings is 1. The van der Waals surface area contributed by atoms with Gasteiger partial charge < -0.3 is 10.6 Å². The Morgan fingerprint density at radius 2 is 2.05 bits per heavy atom. The molecule has 0 unspecified atom stereocenters. The average Bonchev–Trinajstić information content (AvgIpc) is 2.40. The molecule has 0 aliphatic carbocycles. The smallest absolute Gasteiger partial charge is 0.104 e. The van der Waals surface area contributed by atoms with E-state index < -0.39 is 0 Å². The van der Waals surface area contributed by atoms with E-state index in [1.165, 1.54) is 19.3 Å². The van der Waals surface area contributed by atoms with Gasteiger partial charge >= 0.3 is 0 Å². The molecule has 1 aromatic rings. The highest BCUT2D eigenvalue weighted by Crippen LogP contribution is 2.37. The Balaban J connectivity index is 2.14. The minimum atomic E-state index is 0.394. The van der Waals surface area contributed by atoms with Gasteiger partial charge in [0.05, 0.1) is 10.7 Å². The third-order valence-electron chi connectivity index (χ3n) is 4.40. The average molecular weight is 297 g/mol. The fourth-order valence-electron chi connectivity index (χ4n) is 2.56. The van der Waals surface area contributed by atoms with Crippen molar-refractivity contribution in [3.8, 4) is 0 Å². The molecule has 19 heavy (non-hydrogen) atoms. The molecule has 0 spiro atoms. The monoisotopic (exact) mass is 296 g/mol. The van der Waals surface area contributed by atoms with Crippen molar-refractivity contribution in [2.75, 3.05) is 18.0 Å². The van der Waals surface area contributed by atoms with Crippen molar-refractivity contribution < 1.29 is 0 Å². The Hall–Kier alpha value is -0.800. The van der Waals surface area contributed by atoms with Gasteiger partial charge in [-0.05, 0) is 36.5 Å². The van der Waals surface area contributed by atoms with Gasteiger partial charge in [0, 0.05) is 18.7 Å². The molecule has 0 amide bonds. The lowest BCUT2D eigenvalue weighted by Gasteiger charge is -2.40. The molecule has 0 aromatic heterocycles. The van der Waals surface area contributed by atoms with E-state index in [0.717, 1.165) is 29.4 Å². The van der Waals surface area contributed by atoms with Gasteiger partial charge in [0.1, 0.15) is 4.99 Å². The van der Waals surface area contributed by atoms with Crippen LogP contribution < -0.4 is 10.6 Å². The van der Waals surface area contributed by atoms with E-state index in [2.05, 4.69) is 18.7 Å². The number of piperidine rings is 1. The molecule has 104 valence electrons. The molecule has 1 aliphatic heterocycles. The van der Waals surface area contributed by atoms with E-state index in [1.807, 2.05) is 18.2 Å². The summed E-state index contributed by atoms with van der Waals surface area (Å²) in [6.45, 7) is 6.79. The van der Waals surface area contributed by atoms with Crippen molar-refractivity contribution in [1.82, 2.24) is 0 Å². The summed E-state index contributed by atoms with van der Waals surface area (Å²) in [4.78, 5) is 2.76. The van der Waals surface area contributed by atoms with Crippen LogP contribution in [0.2, 0.25) is 5.02 Å². The molecule has 1 fully saturated rings. The quantitative estimate of drug-likeness (QED) is 0.855. The van der Waals surface area contributed by atoms with Gasteiger partial charge in [0.2, 0.25) is 0 Å². The number of anilines is 1. The Kier molecular flexibility index (Phi) is 4.36. The minimum Gasteiger partial charge on any atom is -0.389 e. The number of thiocarbonyl (C=S) groups is 1. The molecule has 0 bridgehead atoms. The summed E-state index contributed by atoms with van der Waals surface area (Å²) in [5.41, 5.74) is 8.04. The van der Waals surface area contributed by atoms with Crippen LogP contribution in [0.1, 0.15) is 38.7 Å². The Bertz CT molecular complexity index is 479. The lowest BCUT2D eigenvalue weighted by atomic mass is 9.78. The predicted molar refractivity (Wildman–Crippen MR) is 87.2 cm³/mol. The molecular weight excluding hydrogens is 276 g/mol. The first-order chi connectivity index (χ1) is 8.95. The maximum absolute atomic E-state index is 6.35. The number of hydrogen-bond donors (Lipinski definition) is 1. The Morgan fingerprint density at radius 3 is 2.53 bits per heavy atom. The number of hydrogen-bond acceptors (Lipinski definition) is 2. The van der Waals surface area contributed by atoms with Crippen LogP contribution in [-0.2, 0) is 0 Å². The van der Waals surface area contributed by atoms with E-state index in [4.69, 9.17) is 29.6 Å². The van der Waals surface area contributed by atoms with Gasteiger partial charge in [-0.25, -0.2) is 0 Å². The van der Waals surface area contributed by atoms with Crippen molar-refractivity contribution in [2.45, 2.75) is 33.1 Å². The van der Waals surface area contributed by atoms with Gasteiger partial charge in [0.25, 0.3) is 0 Å². The van der Waals surface area contributed by atoms with Crippen LogP contribution in [-0.4, -0.2) is 18.1 Å². The molecule has 1 aromatic carbocycles. The van der Waals surface area contributed by atoms with Crippen molar-refractivity contribution in [3.63, 3.8) is 0 Å². The summed E-state index contributed by atoms with van der Waals surface area (Å²) >= 11 is 11.3. The first kappa shape index (κ1) is 14.6. The van der Waals surface area contributed by atoms with Gasteiger partial charge in [0.15, 0.2) is 0 Å². The molecule has 4 heteroatoms. The van der Waals surface area contributed by atoms with Crippen molar-refractivity contribution >= 4 is 34.5 Å². The molecule has 0 radical (unpaired) electrons. The van der Waals surface area contributed by atoms with E-state index in [0.29, 0.717) is 10.4 Å². The highest BCUT2D eigenvalue weighted by molar-refractivity contribution is 7.80. The van der Waals surface area contributed by atoms with Crippen LogP contribution in [0, 0.1) is 5.41 Å². The fraction of sp³-hybridized carbons (Fsp3) is 0.533. The molecular formula is C15H21ClN2S. The number of nitrogens with zero attached hydrogens (tertiary/aromatic N) is 1. The highest BCUT2D eigenvalue weighted by atomic mass is 35.5. The highest BCUT2D eigenvalue weighted by Gasteiger charge is 2.28. The largest absolute Gasteiger partial charge is 0.389 e. The molecule has 1 saturated heterocycles. The van der Waals surface area contributed by atoms with Gasteiger partial charge in [-0.15, -0.1) is 0 Å². The fourth-order valence-corrected chi connectivity index (χ4v) is 2.98. The molecule has 2 N–H and O–H groups in total. The summed E-state index contributed by atoms with van der Waals surface area (Å²) in [5, 5.41) is 0.741. The van der Waals surface area contributed by atoms with Crippen LogP contribution in [0.25, 0.3) is 0 Å². The second kappa shape index (κ2) is 5.68. The standard InChI is InChI=1S/C15H21ClN2S/c1-3-15(2)6-8-18(9-7-15)13-5-4-11(14(17)19)10-12(13)16/h4-5,10H,3,6-9H2,1-2H3,(H2,17,19). The van der Waals surface area contributed by atoms with Crippen molar-refractivity contribution in [3.05, 3.63) is 28.8 Å². The summed E-state index contributed by atoms with van der Waals surface area (Å²) in [5.74, 6) is 0. The third kappa shape index (κ3) is 3.21. The van der Waals surface area contributed by atoms with Crippen molar-refractivity contribution in [1.29, 1.82) is 0 Å². The number of nitrogens with two attached hydrogens (primary N) is 1. The predicted octanol–water partition coefficient (Wildman–Crippen LogP) is 3.99. The number of halogens is 1. The van der Waals surface area contributed by atoms with Crippen LogP contribution in [0.3, 0.4) is 0 Å². The maximum Gasteiger partial charge on any atom is 0.104 e. The van der Waals surface area contributed by atoms with Crippen LogP contribution in [0.5, 0.6) is 0 Å². The first-order valence-electron chi connectivity index (χ1n) is 6.79. The molecule has 2 nitrogen and oxygen atoms in total. The summed E-state index contributed by atoms with van der Waals surface area (Å²) in [6.07, 6.45) is 3.68. The van der Waals surface area contributed by atoms with Gasteiger partial charge in [-0.2, -0.15) is 0 Å². The van der Waals surface area contributed by atoms with E-state index in [-0.39, 0.29) is 0 Å². The maximum atomic E-state index is 6.35. The molecule has 2 rings (SSSR count). The summed E-state index contributed by atoms with van der Waals surface area (Å²) in [7, 11) is 0. The Labute approximate surface area is 125 Å². The lowest BCUT2D eigenvalue weighted by Crippen LogP contribution is -2.38. The van der Waals surface area contributed by atoms with E-state index >= 15 is 0 Å². The van der Waals surface area contributed by atoms with E-state index in [9.17, 15) is 0 Å². The molecule has 1 aliphatic rings. The van der Waals surface area contributed by atoms with Crippen LogP contribution in [0.15, 0.2) is 18.2 Å². The van der Waals surface area contributed by atoms with Crippen LogP contribution >= 0.6 is 23.8 Å². The molecule has 1 heterocycles. The lowest BCUT2D eigenvalue weighted by molar-refractivity contribution is 0.238. The molecule has 0 atom stereocenters. The zero-order valence-electron chi connectivity index (χ0n) is 11.6.